The molecule has 0 spiro atoms. The third-order valence-corrected chi connectivity index (χ3v) is 3.63. The standard InChI is InChI=1S/C12H24N2O2/c1-8(2)11(7-15)14-12(16)10-5-3-4-9(10)6-13/h8-11,15H,3-7,13H2,1-2H3,(H,14,16)/t9?,10?,11-/m1/s1. The van der Waals surface area contributed by atoms with Crippen molar-refractivity contribution in [3.8, 4) is 0 Å². The first-order valence-corrected chi connectivity index (χ1v) is 6.21. The van der Waals surface area contributed by atoms with E-state index in [2.05, 4.69) is 5.32 Å². The van der Waals surface area contributed by atoms with Gasteiger partial charge in [0.15, 0.2) is 0 Å². The summed E-state index contributed by atoms with van der Waals surface area (Å²) >= 11 is 0. The van der Waals surface area contributed by atoms with Crippen molar-refractivity contribution in [2.45, 2.75) is 39.2 Å². The van der Waals surface area contributed by atoms with Crippen LogP contribution in [0.4, 0.5) is 0 Å². The Morgan fingerprint density at radius 3 is 2.69 bits per heavy atom. The molecule has 1 rings (SSSR count). The Kier molecular flexibility index (Phi) is 5.22. The van der Waals surface area contributed by atoms with E-state index in [0.717, 1.165) is 19.3 Å². The molecule has 0 aromatic rings. The number of aliphatic hydroxyl groups excluding tert-OH is 1. The van der Waals surface area contributed by atoms with Gasteiger partial charge in [0.1, 0.15) is 0 Å². The number of hydrogen-bond acceptors (Lipinski definition) is 3. The van der Waals surface area contributed by atoms with Crippen LogP contribution in [0.3, 0.4) is 0 Å². The topological polar surface area (TPSA) is 75.3 Å². The Bertz CT molecular complexity index is 231. The molecule has 4 nitrogen and oxygen atoms in total. The van der Waals surface area contributed by atoms with Crippen LogP contribution in [0.1, 0.15) is 33.1 Å². The van der Waals surface area contributed by atoms with Gasteiger partial charge in [0.05, 0.1) is 12.6 Å². The number of carbonyl (C=O) groups excluding carboxylic acids is 1. The average Bonchev–Trinajstić information content (AvgIpc) is 2.72. The second-order valence-corrected chi connectivity index (χ2v) is 5.07. The van der Waals surface area contributed by atoms with Gasteiger partial charge >= 0.3 is 0 Å². The number of rotatable bonds is 5. The van der Waals surface area contributed by atoms with E-state index in [9.17, 15) is 9.90 Å². The molecule has 0 saturated heterocycles. The summed E-state index contributed by atoms with van der Waals surface area (Å²) in [7, 11) is 0. The molecule has 1 saturated carbocycles. The van der Waals surface area contributed by atoms with Crippen molar-refractivity contribution in [3.63, 3.8) is 0 Å². The second kappa shape index (κ2) is 6.21. The van der Waals surface area contributed by atoms with Gasteiger partial charge in [-0.05, 0) is 31.2 Å². The minimum absolute atomic E-state index is 0.00339. The van der Waals surface area contributed by atoms with Crippen LogP contribution in [-0.2, 0) is 4.79 Å². The van der Waals surface area contributed by atoms with Crippen LogP contribution >= 0.6 is 0 Å². The second-order valence-electron chi connectivity index (χ2n) is 5.07. The van der Waals surface area contributed by atoms with Gasteiger partial charge in [-0.15, -0.1) is 0 Å². The lowest BCUT2D eigenvalue weighted by Crippen LogP contribution is -2.45. The van der Waals surface area contributed by atoms with Crippen molar-refractivity contribution < 1.29 is 9.90 Å². The number of aliphatic hydroxyl groups is 1. The van der Waals surface area contributed by atoms with Crippen LogP contribution < -0.4 is 11.1 Å². The van der Waals surface area contributed by atoms with E-state index in [4.69, 9.17) is 5.73 Å². The van der Waals surface area contributed by atoms with Gasteiger partial charge < -0.3 is 16.2 Å². The minimum Gasteiger partial charge on any atom is -0.394 e. The summed E-state index contributed by atoms with van der Waals surface area (Å²) in [6, 6.07) is -0.133. The maximum absolute atomic E-state index is 12.0. The molecule has 3 atom stereocenters. The van der Waals surface area contributed by atoms with Crippen LogP contribution in [0, 0.1) is 17.8 Å². The lowest BCUT2D eigenvalue weighted by molar-refractivity contribution is -0.127. The van der Waals surface area contributed by atoms with E-state index in [-0.39, 0.29) is 30.4 Å². The van der Waals surface area contributed by atoms with Crippen molar-refractivity contribution in [3.05, 3.63) is 0 Å². The third-order valence-electron chi connectivity index (χ3n) is 3.63. The number of nitrogens with one attached hydrogen (secondary N) is 1. The molecule has 0 aromatic carbocycles. The first-order valence-electron chi connectivity index (χ1n) is 6.21. The number of hydrogen-bond donors (Lipinski definition) is 3. The molecule has 0 aromatic heterocycles. The average molecular weight is 228 g/mol. The van der Waals surface area contributed by atoms with E-state index in [1.807, 2.05) is 13.8 Å². The SMILES string of the molecule is CC(C)[C@@H](CO)NC(=O)C1CCCC1CN. The predicted molar refractivity (Wildman–Crippen MR) is 63.7 cm³/mol. The first kappa shape index (κ1) is 13.5. The molecule has 4 N–H and O–H groups in total. The van der Waals surface area contributed by atoms with E-state index < -0.39 is 0 Å². The zero-order valence-electron chi connectivity index (χ0n) is 10.3. The van der Waals surface area contributed by atoms with Crippen LogP contribution in [-0.4, -0.2) is 30.2 Å². The molecule has 1 amide bonds. The van der Waals surface area contributed by atoms with Crippen molar-refractivity contribution in [2.24, 2.45) is 23.5 Å². The Morgan fingerprint density at radius 1 is 1.50 bits per heavy atom. The summed E-state index contributed by atoms with van der Waals surface area (Å²) < 4.78 is 0. The highest BCUT2D eigenvalue weighted by molar-refractivity contribution is 5.79. The van der Waals surface area contributed by atoms with E-state index in [1.54, 1.807) is 0 Å². The molecule has 1 aliphatic carbocycles. The fraction of sp³-hybridized carbons (Fsp3) is 0.917. The summed E-state index contributed by atoms with van der Waals surface area (Å²) in [5.74, 6) is 0.705. The molecule has 4 heteroatoms. The Hall–Kier alpha value is -0.610. The Morgan fingerprint density at radius 2 is 2.19 bits per heavy atom. The van der Waals surface area contributed by atoms with Gasteiger partial charge in [0, 0.05) is 5.92 Å². The largest absolute Gasteiger partial charge is 0.394 e. The Balaban J connectivity index is 2.50. The first-order chi connectivity index (χ1) is 7.60. The van der Waals surface area contributed by atoms with Gasteiger partial charge in [0.25, 0.3) is 0 Å². The fourth-order valence-electron chi connectivity index (χ4n) is 2.38. The number of nitrogens with two attached hydrogens (primary N) is 1. The van der Waals surface area contributed by atoms with Crippen molar-refractivity contribution in [1.29, 1.82) is 0 Å². The van der Waals surface area contributed by atoms with Gasteiger partial charge in [-0.3, -0.25) is 4.79 Å². The molecule has 0 aliphatic heterocycles. The van der Waals surface area contributed by atoms with E-state index in [1.165, 1.54) is 0 Å². The number of carbonyl (C=O) groups is 1. The smallest absolute Gasteiger partial charge is 0.223 e. The van der Waals surface area contributed by atoms with Crippen molar-refractivity contribution in [2.75, 3.05) is 13.2 Å². The van der Waals surface area contributed by atoms with Gasteiger partial charge in [0.2, 0.25) is 5.91 Å². The maximum atomic E-state index is 12.0. The fourth-order valence-corrected chi connectivity index (χ4v) is 2.38. The van der Waals surface area contributed by atoms with Crippen molar-refractivity contribution in [1.82, 2.24) is 5.32 Å². The molecule has 16 heavy (non-hydrogen) atoms. The van der Waals surface area contributed by atoms with Gasteiger partial charge in [-0.2, -0.15) is 0 Å². The maximum Gasteiger partial charge on any atom is 0.223 e. The molecule has 0 radical (unpaired) electrons. The highest BCUT2D eigenvalue weighted by Gasteiger charge is 2.32. The van der Waals surface area contributed by atoms with E-state index >= 15 is 0 Å². The molecular weight excluding hydrogens is 204 g/mol. The van der Waals surface area contributed by atoms with Crippen LogP contribution in [0.25, 0.3) is 0 Å². The summed E-state index contributed by atoms with van der Waals surface area (Å²) in [5, 5.41) is 12.1. The molecule has 2 unspecified atom stereocenters. The summed E-state index contributed by atoms with van der Waals surface area (Å²) in [4.78, 5) is 12.0. The zero-order valence-corrected chi connectivity index (χ0v) is 10.3. The minimum atomic E-state index is -0.133. The molecule has 0 bridgehead atoms. The third kappa shape index (κ3) is 3.19. The van der Waals surface area contributed by atoms with Crippen molar-refractivity contribution >= 4 is 5.91 Å². The summed E-state index contributed by atoms with van der Waals surface area (Å²) in [6.45, 7) is 4.58. The van der Waals surface area contributed by atoms with Crippen LogP contribution in [0.5, 0.6) is 0 Å². The summed E-state index contributed by atoms with van der Waals surface area (Å²) in [5.41, 5.74) is 5.66. The zero-order chi connectivity index (χ0) is 12.1. The van der Waals surface area contributed by atoms with Crippen LogP contribution in [0.2, 0.25) is 0 Å². The number of amides is 1. The quantitative estimate of drug-likeness (QED) is 0.641. The van der Waals surface area contributed by atoms with Gasteiger partial charge in [-0.1, -0.05) is 20.3 Å². The molecular formula is C12H24N2O2. The summed E-state index contributed by atoms with van der Waals surface area (Å²) in [6.07, 6.45) is 3.08. The predicted octanol–water partition coefficient (Wildman–Crippen LogP) is 0.495. The molecule has 94 valence electrons. The molecule has 1 aliphatic rings. The highest BCUT2D eigenvalue weighted by Crippen LogP contribution is 2.31. The lowest BCUT2D eigenvalue weighted by Gasteiger charge is -2.24. The van der Waals surface area contributed by atoms with Gasteiger partial charge in [-0.25, -0.2) is 0 Å². The monoisotopic (exact) mass is 228 g/mol. The molecule has 1 fully saturated rings. The normalized spacial score (nSPS) is 27.1. The highest BCUT2D eigenvalue weighted by atomic mass is 16.3. The molecule has 0 heterocycles. The Labute approximate surface area is 97.6 Å². The van der Waals surface area contributed by atoms with Crippen LogP contribution in [0.15, 0.2) is 0 Å². The lowest BCUT2D eigenvalue weighted by atomic mass is 9.94. The van der Waals surface area contributed by atoms with E-state index in [0.29, 0.717) is 12.5 Å².